The quantitative estimate of drug-likeness (QED) is 0.692. The van der Waals surface area contributed by atoms with E-state index in [2.05, 4.69) is 13.8 Å². The summed E-state index contributed by atoms with van der Waals surface area (Å²) < 4.78 is 29.5. The monoisotopic (exact) mass is 295 g/mol. The predicted molar refractivity (Wildman–Crippen MR) is 78.1 cm³/mol. The predicted octanol–water partition coefficient (Wildman–Crippen LogP) is 2.78. The fourth-order valence-corrected chi connectivity index (χ4v) is 2.91. The van der Waals surface area contributed by atoms with E-state index in [0.717, 1.165) is 12.8 Å². The Morgan fingerprint density at radius 2 is 2.05 bits per heavy atom. The van der Waals surface area contributed by atoms with E-state index < -0.39 is 9.84 Å². The molecular weight excluding hydrogens is 274 g/mol. The third-order valence-corrected chi connectivity index (χ3v) is 4.57. The van der Waals surface area contributed by atoms with Crippen LogP contribution in [0.2, 0.25) is 0 Å². The number of benzene rings is 1. The van der Waals surface area contributed by atoms with Crippen molar-refractivity contribution >= 4 is 9.84 Å². The SMILES string of the molecule is CC(C)CCCOCCS(=O)(=O)c1cccc(C#N)c1. The molecule has 20 heavy (non-hydrogen) atoms. The van der Waals surface area contributed by atoms with Gasteiger partial charge in [-0.05, 0) is 37.0 Å². The first-order chi connectivity index (χ1) is 9.45. The van der Waals surface area contributed by atoms with Gasteiger partial charge in [0.2, 0.25) is 0 Å². The summed E-state index contributed by atoms with van der Waals surface area (Å²) in [6, 6.07) is 8.01. The molecule has 4 nitrogen and oxygen atoms in total. The van der Waals surface area contributed by atoms with E-state index in [4.69, 9.17) is 10.00 Å². The largest absolute Gasteiger partial charge is 0.380 e. The van der Waals surface area contributed by atoms with Crippen LogP contribution in [-0.4, -0.2) is 27.4 Å². The first-order valence-corrected chi connectivity index (χ1v) is 8.41. The molecule has 1 aromatic rings. The van der Waals surface area contributed by atoms with Gasteiger partial charge in [0, 0.05) is 6.61 Å². The highest BCUT2D eigenvalue weighted by Gasteiger charge is 2.14. The van der Waals surface area contributed by atoms with Gasteiger partial charge in [-0.1, -0.05) is 19.9 Å². The molecule has 0 saturated heterocycles. The highest BCUT2D eigenvalue weighted by Crippen LogP contribution is 2.13. The van der Waals surface area contributed by atoms with Crippen molar-refractivity contribution in [3.05, 3.63) is 29.8 Å². The minimum Gasteiger partial charge on any atom is -0.380 e. The first-order valence-electron chi connectivity index (χ1n) is 6.76. The molecule has 0 aliphatic heterocycles. The summed E-state index contributed by atoms with van der Waals surface area (Å²) >= 11 is 0. The molecule has 0 heterocycles. The molecule has 0 radical (unpaired) electrons. The second kappa shape index (κ2) is 8.03. The maximum absolute atomic E-state index is 12.1. The standard InChI is InChI=1S/C15H21NO3S/c1-13(2)5-4-8-19-9-10-20(17,18)15-7-3-6-14(11-15)12-16/h3,6-7,11,13H,4-5,8-10H2,1-2H3. The summed E-state index contributed by atoms with van der Waals surface area (Å²) in [5, 5.41) is 8.78. The molecule has 0 bridgehead atoms. The minimum atomic E-state index is -3.37. The topological polar surface area (TPSA) is 67.2 Å². The molecule has 1 aromatic carbocycles. The second-order valence-electron chi connectivity index (χ2n) is 5.11. The van der Waals surface area contributed by atoms with Gasteiger partial charge >= 0.3 is 0 Å². The molecule has 0 N–H and O–H groups in total. The molecule has 0 fully saturated rings. The summed E-state index contributed by atoms with van der Waals surface area (Å²) in [5.74, 6) is 0.583. The van der Waals surface area contributed by atoms with Crippen LogP contribution < -0.4 is 0 Å². The molecular formula is C15H21NO3S. The van der Waals surface area contributed by atoms with Gasteiger partial charge in [-0.2, -0.15) is 5.26 Å². The third kappa shape index (κ3) is 5.72. The number of rotatable bonds is 8. The molecule has 0 amide bonds. The van der Waals surface area contributed by atoms with E-state index in [0.29, 0.717) is 18.1 Å². The van der Waals surface area contributed by atoms with Crippen LogP contribution in [0, 0.1) is 17.2 Å². The van der Waals surface area contributed by atoms with Crippen LogP contribution in [0.4, 0.5) is 0 Å². The van der Waals surface area contributed by atoms with E-state index >= 15 is 0 Å². The average Bonchev–Trinajstić information content (AvgIpc) is 2.42. The normalized spacial score (nSPS) is 11.5. The molecule has 0 aliphatic rings. The molecule has 0 aromatic heterocycles. The molecule has 0 spiro atoms. The Bertz CT molecular complexity index is 559. The third-order valence-electron chi connectivity index (χ3n) is 2.89. The molecule has 0 unspecified atom stereocenters. The smallest absolute Gasteiger partial charge is 0.180 e. The second-order valence-corrected chi connectivity index (χ2v) is 7.22. The van der Waals surface area contributed by atoms with E-state index in [1.54, 1.807) is 12.1 Å². The van der Waals surface area contributed by atoms with Crippen LogP contribution in [-0.2, 0) is 14.6 Å². The molecule has 0 aliphatic carbocycles. The summed E-state index contributed by atoms with van der Waals surface area (Å²) in [4.78, 5) is 0.183. The summed E-state index contributed by atoms with van der Waals surface area (Å²) in [6.07, 6.45) is 2.03. The molecule has 0 atom stereocenters. The number of sulfone groups is 1. The Kier molecular flexibility index (Phi) is 6.69. The van der Waals surface area contributed by atoms with Crippen LogP contribution >= 0.6 is 0 Å². The highest BCUT2D eigenvalue weighted by atomic mass is 32.2. The van der Waals surface area contributed by atoms with Crippen LogP contribution in [0.15, 0.2) is 29.2 Å². The minimum absolute atomic E-state index is 0.0520. The van der Waals surface area contributed by atoms with Crippen molar-refractivity contribution in [2.75, 3.05) is 19.0 Å². The lowest BCUT2D eigenvalue weighted by atomic mass is 10.1. The van der Waals surface area contributed by atoms with E-state index in [1.807, 2.05) is 6.07 Å². The van der Waals surface area contributed by atoms with Gasteiger partial charge in [-0.3, -0.25) is 0 Å². The van der Waals surface area contributed by atoms with E-state index in [-0.39, 0.29) is 17.3 Å². The Balaban J connectivity index is 2.44. The van der Waals surface area contributed by atoms with Crippen LogP contribution in [0.3, 0.4) is 0 Å². The first kappa shape index (κ1) is 16.7. The van der Waals surface area contributed by atoms with Gasteiger partial charge in [-0.15, -0.1) is 0 Å². The van der Waals surface area contributed by atoms with Crippen LogP contribution in [0.5, 0.6) is 0 Å². The van der Waals surface area contributed by atoms with E-state index in [1.165, 1.54) is 12.1 Å². The van der Waals surface area contributed by atoms with Crippen molar-refractivity contribution in [3.8, 4) is 6.07 Å². The van der Waals surface area contributed by atoms with Crippen molar-refractivity contribution in [3.63, 3.8) is 0 Å². The highest BCUT2D eigenvalue weighted by molar-refractivity contribution is 7.91. The summed E-state index contributed by atoms with van der Waals surface area (Å²) in [7, 11) is -3.37. The van der Waals surface area contributed by atoms with Crippen molar-refractivity contribution in [2.24, 2.45) is 5.92 Å². The van der Waals surface area contributed by atoms with Gasteiger partial charge in [0.1, 0.15) is 0 Å². The Hall–Kier alpha value is -1.38. The van der Waals surface area contributed by atoms with Gasteiger partial charge < -0.3 is 4.74 Å². The fraction of sp³-hybridized carbons (Fsp3) is 0.533. The van der Waals surface area contributed by atoms with Crippen molar-refractivity contribution in [1.29, 1.82) is 5.26 Å². The van der Waals surface area contributed by atoms with Crippen LogP contribution in [0.1, 0.15) is 32.3 Å². The summed E-state index contributed by atoms with van der Waals surface area (Å²) in [5.41, 5.74) is 0.351. The maximum Gasteiger partial charge on any atom is 0.180 e. The van der Waals surface area contributed by atoms with Crippen molar-refractivity contribution < 1.29 is 13.2 Å². The van der Waals surface area contributed by atoms with Crippen LogP contribution in [0.25, 0.3) is 0 Å². The Morgan fingerprint density at radius 1 is 1.30 bits per heavy atom. The lowest BCUT2D eigenvalue weighted by Crippen LogP contribution is -2.13. The van der Waals surface area contributed by atoms with Crippen molar-refractivity contribution in [1.82, 2.24) is 0 Å². The number of nitriles is 1. The zero-order valence-corrected chi connectivity index (χ0v) is 12.8. The lowest BCUT2D eigenvalue weighted by molar-refractivity contribution is 0.142. The zero-order valence-electron chi connectivity index (χ0n) is 12.0. The Labute approximate surface area is 121 Å². The lowest BCUT2D eigenvalue weighted by Gasteiger charge is -2.07. The molecule has 1 rings (SSSR count). The van der Waals surface area contributed by atoms with Crippen molar-refractivity contribution in [2.45, 2.75) is 31.6 Å². The zero-order chi connectivity index (χ0) is 15.0. The van der Waals surface area contributed by atoms with Gasteiger partial charge in [-0.25, -0.2) is 8.42 Å². The Morgan fingerprint density at radius 3 is 2.70 bits per heavy atom. The molecule has 110 valence electrons. The average molecular weight is 295 g/mol. The summed E-state index contributed by atoms with van der Waals surface area (Å²) in [6.45, 7) is 5.07. The molecule has 5 heteroatoms. The maximum atomic E-state index is 12.1. The number of hydrogen-bond donors (Lipinski definition) is 0. The number of ether oxygens (including phenoxy) is 1. The number of hydrogen-bond acceptors (Lipinski definition) is 4. The fourth-order valence-electron chi connectivity index (χ4n) is 1.74. The van der Waals surface area contributed by atoms with Gasteiger partial charge in [0.05, 0.1) is 28.9 Å². The molecule has 0 saturated carbocycles. The van der Waals surface area contributed by atoms with E-state index in [9.17, 15) is 8.42 Å². The number of nitrogens with zero attached hydrogens (tertiary/aromatic N) is 1. The van der Waals surface area contributed by atoms with Gasteiger partial charge in [0.15, 0.2) is 9.84 Å². The van der Waals surface area contributed by atoms with Gasteiger partial charge in [0.25, 0.3) is 0 Å².